The van der Waals surface area contributed by atoms with Crippen LogP contribution in [0.15, 0.2) is 48.5 Å². The number of piperazine rings is 1. The number of hydrogen-bond acceptors (Lipinski definition) is 5. The molecule has 1 saturated heterocycles. The lowest BCUT2D eigenvalue weighted by Crippen LogP contribution is -2.47. The standard InChI is InChI=1S/C19H22Cl2N2O.C2H2O4/c20-17-7-4-8-18(19(17)21)24-14-13-22-9-11-23(12-10-22)15-16-5-2-1-3-6-16;3-1(4)2(5)6/h1-8H,9-15H2;(H,3,4)(H,5,6). The average molecular weight is 455 g/mol. The molecule has 2 aromatic rings. The number of benzene rings is 2. The van der Waals surface area contributed by atoms with E-state index in [2.05, 4.69) is 40.1 Å². The maximum absolute atomic E-state index is 9.10. The van der Waals surface area contributed by atoms with Gasteiger partial charge in [-0.2, -0.15) is 0 Å². The molecule has 3 rings (SSSR count). The van der Waals surface area contributed by atoms with Crippen molar-refractivity contribution in [3.05, 3.63) is 64.1 Å². The molecule has 1 aliphatic heterocycles. The SMILES string of the molecule is Clc1cccc(OCCN2CCN(Cc3ccccc3)CC2)c1Cl.O=C(O)C(=O)O. The van der Waals surface area contributed by atoms with Gasteiger partial charge in [0.1, 0.15) is 17.4 Å². The molecule has 0 radical (unpaired) electrons. The molecule has 0 aliphatic carbocycles. The van der Waals surface area contributed by atoms with Gasteiger partial charge in [-0.1, -0.05) is 59.6 Å². The van der Waals surface area contributed by atoms with Crippen molar-refractivity contribution >= 4 is 35.1 Å². The van der Waals surface area contributed by atoms with Gasteiger partial charge < -0.3 is 14.9 Å². The second kappa shape index (κ2) is 12.4. The normalized spacial score (nSPS) is 14.5. The van der Waals surface area contributed by atoms with E-state index in [4.69, 9.17) is 47.7 Å². The molecule has 2 aromatic carbocycles. The zero-order valence-corrected chi connectivity index (χ0v) is 17.8. The molecular weight excluding hydrogens is 431 g/mol. The third-order valence-electron chi connectivity index (χ3n) is 4.48. The second-order valence-electron chi connectivity index (χ2n) is 6.61. The van der Waals surface area contributed by atoms with E-state index >= 15 is 0 Å². The monoisotopic (exact) mass is 454 g/mol. The van der Waals surface area contributed by atoms with Gasteiger partial charge in [0.05, 0.1) is 5.02 Å². The summed E-state index contributed by atoms with van der Waals surface area (Å²) in [7, 11) is 0. The molecule has 2 N–H and O–H groups in total. The fourth-order valence-corrected chi connectivity index (χ4v) is 3.24. The number of aliphatic carboxylic acids is 2. The van der Waals surface area contributed by atoms with Gasteiger partial charge in [0.15, 0.2) is 0 Å². The first-order valence-corrected chi connectivity index (χ1v) is 10.1. The van der Waals surface area contributed by atoms with E-state index < -0.39 is 11.9 Å². The van der Waals surface area contributed by atoms with Crippen LogP contribution in [0.25, 0.3) is 0 Å². The number of nitrogens with zero attached hydrogens (tertiary/aromatic N) is 2. The van der Waals surface area contributed by atoms with E-state index in [0.717, 1.165) is 39.3 Å². The van der Waals surface area contributed by atoms with Gasteiger partial charge in [-0.15, -0.1) is 0 Å². The Balaban J connectivity index is 0.000000469. The minimum Gasteiger partial charge on any atom is -0.491 e. The number of carbonyl (C=O) groups is 2. The molecule has 0 saturated carbocycles. The predicted molar refractivity (Wildman–Crippen MR) is 115 cm³/mol. The lowest BCUT2D eigenvalue weighted by atomic mass is 10.2. The fourth-order valence-electron chi connectivity index (χ4n) is 2.89. The van der Waals surface area contributed by atoms with Crippen molar-refractivity contribution in [2.45, 2.75) is 6.54 Å². The van der Waals surface area contributed by atoms with Crippen LogP contribution in [0.4, 0.5) is 0 Å². The Bertz CT molecular complexity index is 815. The molecule has 0 amide bonds. The molecule has 0 atom stereocenters. The maximum Gasteiger partial charge on any atom is 0.414 e. The van der Waals surface area contributed by atoms with Gasteiger partial charge in [-0.25, -0.2) is 9.59 Å². The molecule has 162 valence electrons. The van der Waals surface area contributed by atoms with Gasteiger partial charge in [0.25, 0.3) is 0 Å². The molecule has 0 bridgehead atoms. The van der Waals surface area contributed by atoms with Crippen LogP contribution in [0.2, 0.25) is 10.0 Å². The molecule has 0 unspecified atom stereocenters. The molecule has 7 nitrogen and oxygen atoms in total. The summed E-state index contributed by atoms with van der Waals surface area (Å²) in [6, 6.07) is 16.1. The number of rotatable bonds is 6. The van der Waals surface area contributed by atoms with E-state index in [-0.39, 0.29) is 0 Å². The van der Waals surface area contributed by atoms with Crippen molar-refractivity contribution in [1.29, 1.82) is 0 Å². The van der Waals surface area contributed by atoms with Crippen molar-refractivity contribution in [3.63, 3.8) is 0 Å². The first kappa shape index (κ1) is 24.0. The molecule has 0 spiro atoms. The zero-order chi connectivity index (χ0) is 21.9. The van der Waals surface area contributed by atoms with Crippen LogP contribution >= 0.6 is 23.2 Å². The summed E-state index contributed by atoms with van der Waals surface area (Å²) >= 11 is 12.1. The third kappa shape index (κ3) is 8.20. The largest absolute Gasteiger partial charge is 0.491 e. The summed E-state index contributed by atoms with van der Waals surface area (Å²) in [5.41, 5.74) is 1.38. The van der Waals surface area contributed by atoms with Gasteiger partial charge in [-0.3, -0.25) is 9.80 Å². The summed E-state index contributed by atoms with van der Waals surface area (Å²) in [4.78, 5) is 23.1. The lowest BCUT2D eigenvalue weighted by molar-refractivity contribution is -0.159. The summed E-state index contributed by atoms with van der Waals surface area (Å²) in [6.45, 7) is 6.88. The smallest absolute Gasteiger partial charge is 0.414 e. The Morgan fingerprint density at radius 1 is 0.867 bits per heavy atom. The second-order valence-corrected chi connectivity index (χ2v) is 7.40. The van der Waals surface area contributed by atoms with Crippen LogP contribution in [0.3, 0.4) is 0 Å². The minimum atomic E-state index is -1.82. The quantitative estimate of drug-likeness (QED) is 0.646. The van der Waals surface area contributed by atoms with Crippen LogP contribution in [0.1, 0.15) is 5.56 Å². The number of carboxylic acids is 2. The average Bonchev–Trinajstić information content (AvgIpc) is 2.73. The van der Waals surface area contributed by atoms with E-state index in [0.29, 0.717) is 22.4 Å². The first-order valence-electron chi connectivity index (χ1n) is 9.38. The molecule has 0 aromatic heterocycles. The Morgan fingerprint density at radius 3 is 2.07 bits per heavy atom. The summed E-state index contributed by atoms with van der Waals surface area (Å²) < 4.78 is 5.77. The van der Waals surface area contributed by atoms with E-state index in [1.165, 1.54) is 5.56 Å². The Hall–Kier alpha value is -2.32. The molecule has 30 heavy (non-hydrogen) atoms. The van der Waals surface area contributed by atoms with Crippen LogP contribution < -0.4 is 4.74 Å². The highest BCUT2D eigenvalue weighted by atomic mass is 35.5. The molecule has 9 heteroatoms. The minimum absolute atomic E-state index is 0.492. The van der Waals surface area contributed by atoms with Crippen molar-refractivity contribution in [2.24, 2.45) is 0 Å². The fraction of sp³-hybridized carbons (Fsp3) is 0.333. The Labute approximate surface area is 185 Å². The van der Waals surface area contributed by atoms with Crippen molar-refractivity contribution < 1.29 is 24.5 Å². The topological polar surface area (TPSA) is 90.3 Å². The molecular formula is C21H24Cl2N2O5. The van der Waals surface area contributed by atoms with Crippen molar-refractivity contribution in [2.75, 3.05) is 39.3 Å². The first-order chi connectivity index (χ1) is 14.4. The molecule has 1 heterocycles. The lowest BCUT2D eigenvalue weighted by Gasteiger charge is -2.34. The van der Waals surface area contributed by atoms with E-state index in [9.17, 15) is 0 Å². The van der Waals surface area contributed by atoms with Gasteiger partial charge in [-0.05, 0) is 17.7 Å². The molecule has 1 fully saturated rings. The van der Waals surface area contributed by atoms with Gasteiger partial charge in [0.2, 0.25) is 0 Å². The Kier molecular flexibility index (Phi) is 9.89. The summed E-state index contributed by atoms with van der Waals surface area (Å²) in [5.74, 6) is -2.99. The summed E-state index contributed by atoms with van der Waals surface area (Å²) in [5, 5.41) is 15.8. The van der Waals surface area contributed by atoms with Crippen molar-refractivity contribution in [3.8, 4) is 5.75 Å². The highest BCUT2D eigenvalue weighted by molar-refractivity contribution is 6.42. The zero-order valence-electron chi connectivity index (χ0n) is 16.3. The van der Waals surface area contributed by atoms with Gasteiger partial charge in [0, 0.05) is 39.3 Å². The number of ether oxygens (including phenoxy) is 1. The van der Waals surface area contributed by atoms with Crippen molar-refractivity contribution in [1.82, 2.24) is 9.80 Å². The van der Waals surface area contributed by atoms with Gasteiger partial charge >= 0.3 is 11.9 Å². The third-order valence-corrected chi connectivity index (χ3v) is 5.28. The highest BCUT2D eigenvalue weighted by Crippen LogP contribution is 2.31. The molecule has 1 aliphatic rings. The van der Waals surface area contributed by atoms with Crippen LogP contribution in [0.5, 0.6) is 5.75 Å². The Morgan fingerprint density at radius 2 is 1.47 bits per heavy atom. The number of hydrogen-bond donors (Lipinski definition) is 2. The summed E-state index contributed by atoms with van der Waals surface area (Å²) in [6.07, 6.45) is 0. The predicted octanol–water partition coefficient (Wildman–Crippen LogP) is 3.35. The number of carboxylic acid groups (broad SMARTS) is 2. The number of halogens is 2. The van der Waals surface area contributed by atoms with Crippen LogP contribution in [0, 0.1) is 0 Å². The van der Waals surface area contributed by atoms with E-state index in [1.54, 1.807) is 6.07 Å². The van der Waals surface area contributed by atoms with Crippen LogP contribution in [-0.4, -0.2) is 71.3 Å². The highest BCUT2D eigenvalue weighted by Gasteiger charge is 2.17. The maximum atomic E-state index is 9.10. The van der Waals surface area contributed by atoms with Crippen LogP contribution in [-0.2, 0) is 16.1 Å². The van der Waals surface area contributed by atoms with E-state index in [1.807, 2.05) is 12.1 Å².